The smallest absolute Gasteiger partial charge is 0.146 e. The Bertz CT molecular complexity index is 699. The van der Waals surface area contributed by atoms with Crippen molar-refractivity contribution in [3.63, 3.8) is 0 Å². The standard InChI is InChI=1S/C19H23NO3/c1-13-3-4-15(9-14(13)2)10-17-12-20(7-8-21)18-6-5-16(22)11-19(18)23-17/h3-6,9,11,17,21-22H,7-8,10,12H2,1-2H3. The zero-order chi connectivity index (χ0) is 16.4. The minimum atomic E-state index is -0.00189. The molecule has 1 aliphatic rings. The van der Waals surface area contributed by atoms with E-state index in [9.17, 15) is 10.2 Å². The van der Waals surface area contributed by atoms with Crippen molar-refractivity contribution in [3.05, 3.63) is 53.1 Å². The number of rotatable bonds is 4. The normalized spacial score (nSPS) is 16.8. The zero-order valence-electron chi connectivity index (χ0n) is 13.6. The highest BCUT2D eigenvalue weighted by Gasteiger charge is 2.26. The Morgan fingerprint density at radius 1 is 1.13 bits per heavy atom. The summed E-state index contributed by atoms with van der Waals surface area (Å²) in [6.07, 6.45) is 0.802. The van der Waals surface area contributed by atoms with Gasteiger partial charge in [-0.3, -0.25) is 0 Å². The highest BCUT2D eigenvalue weighted by Crippen LogP contribution is 2.36. The number of aliphatic hydroxyl groups is 1. The van der Waals surface area contributed by atoms with Crippen LogP contribution in [0, 0.1) is 13.8 Å². The molecule has 1 atom stereocenters. The van der Waals surface area contributed by atoms with Crippen LogP contribution in [0.1, 0.15) is 16.7 Å². The van der Waals surface area contributed by atoms with Gasteiger partial charge in [-0.15, -0.1) is 0 Å². The van der Waals surface area contributed by atoms with Crippen LogP contribution in [0.25, 0.3) is 0 Å². The maximum Gasteiger partial charge on any atom is 0.146 e. The summed E-state index contributed by atoms with van der Waals surface area (Å²) < 4.78 is 6.08. The Morgan fingerprint density at radius 2 is 1.96 bits per heavy atom. The second kappa shape index (κ2) is 6.50. The van der Waals surface area contributed by atoms with Crippen LogP contribution in [0.4, 0.5) is 5.69 Å². The van der Waals surface area contributed by atoms with Crippen LogP contribution in [-0.2, 0) is 6.42 Å². The number of β-amino-alcohol motifs (C(OH)–C–C–N with tert-alkyl or cyclic N) is 1. The summed E-state index contributed by atoms with van der Waals surface area (Å²) in [7, 11) is 0. The highest BCUT2D eigenvalue weighted by atomic mass is 16.5. The average Bonchev–Trinajstić information content (AvgIpc) is 2.51. The molecule has 1 aliphatic heterocycles. The van der Waals surface area contributed by atoms with Gasteiger partial charge in [0.25, 0.3) is 0 Å². The third-order valence-electron chi connectivity index (χ3n) is 4.41. The number of nitrogens with zero attached hydrogens (tertiary/aromatic N) is 1. The molecule has 0 saturated carbocycles. The summed E-state index contributed by atoms with van der Waals surface area (Å²) in [5.41, 5.74) is 4.73. The van der Waals surface area contributed by atoms with Gasteiger partial charge in [-0.2, -0.15) is 0 Å². The lowest BCUT2D eigenvalue weighted by molar-refractivity contribution is 0.188. The van der Waals surface area contributed by atoms with Crippen molar-refractivity contribution in [3.8, 4) is 11.5 Å². The number of hydrogen-bond donors (Lipinski definition) is 2. The average molecular weight is 313 g/mol. The van der Waals surface area contributed by atoms with Crippen LogP contribution in [0.5, 0.6) is 11.5 Å². The van der Waals surface area contributed by atoms with Gasteiger partial charge in [0.05, 0.1) is 18.8 Å². The van der Waals surface area contributed by atoms with Crippen molar-refractivity contribution in [2.75, 3.05) is 24.6 Å². The number of aromatic hydroxyl groups is 1. The monoisotopic (exact) mass is 313 g/mol. The molecule has 1 heterocycles. The molecular weight excluding hydrogens is 290 g/mol. The topological polar surface area (TPSA) is 52.9 Å². The Kier molecular flexibility index (Phi) is 4.44. The lowest BCUT2D eigenvalue weighted by atomic mass is 10.0. The van der Waals surface area contributed by atoms with E-state index in [4.69, 9.17) is 4.74 Å². The van der Waals surface area contributed by atoms with Gasteiger partial charge in [-0.25, -0.2) is 0 Å². The second-order valence-electron chi connectivity index (χ2n) is 6.18. The Morgan fingerprint density at radius 3 is 2.70 bits per heavy atom. The number of aliphatic hydroxyl groups excluding tert-OH is 1. The quantitative estimate of drug-likeness (QED) is 0.911. The van der Waals surface area contributed by atoms with Crippen LogP contribution in [0.2, 0.25) is 0 Å². The van der Waals surface area contributed by atoms with Gasteiger partial charge in [-0.05, 0) is 42.7 Å². The van der Waals surface area contributed by atoms with Gasteiger partial charge in [0.1, 0.15) is 17.6 Å². The molecule has 4 heteroatoms. The van der Waals surface area contributed by atoms with Gasteiger partial charge in [0, 0.05) is 19.0 Å². The first-order chi connectivity index (χ1) is 11.1. The van der Waals surface area contributed by atoms with Crippen molar-refractivity contribution in [2.24, 2.45) is 0 Å². The van der Waals surface area contributed by atoms with Crippen molar-refractivity contribution in [1.29, 1.82) is 0 Å². The molecule has 2 aromatic rings. The molecule has 0 spiro atoms. The van der Waals surface area contributed by atoms with E-state index in [1.807, 2.05) is 6.07 Å². The van der Waals surface area contributed by atoms with E-state index in [0.29, 0.717) is 12.3 Å². The fraction of sp³-hybridized carbons (Fsp3) is 0.368. The molecule has 2 N–H and O–H groups in total. The molecule has 4 nitrogen and oxygen atoms in total. The number of ether oxygens (including phenoxy) is 1. The summed E-state index contributed by atoms with van der Waals surface area (Å²) in [6.45, 7) is 5.61. The molecule has 0 aromatic heterocycles. The van der Waals surface area contributed by atoms with Gasteiger partial charge in [0.2, 0.25) is 0 Å². The number of anilines is 1. The van der Waals surface area contributed by atoms with E-state index < -0.39 is 0 Å². The van der Waals surface area contributed by atoms with Crippen LogP contribution in [-0.4, -0.2) is 36.0 Å². The summed E-state index contributed by atoms with van der Waals surface area (Å²) in [6, 6.07) is 11.6. The summed E-state index contributed by atoms with van der Waals surface area (Å²) in [4.78, 5) is 2.12. The van der Waals surface area contributed by atoms with E-state index in [1.54, 1.807) is 12.1 Å². The summed E-state index contributed by atoms with van der Waals surface area (Å²) in [5.74, 6) is 0.873. The van der Waals surface area contributed by atoms with Crippen molar-refractivity contribution < 1.29 is 14.9 Å². The first-order valence-corrected chi connectivity index (χ1v) is 7.98. The zero-order valence-corrected chi connectivity index (χ0v) is 13.6. The SMILES string of the molecule is Cc1ccc(CC2CN(CCO)c3ccc(O)cc3O2)cc1C. The number of aryl methyl sites for hydroxylation is 2. The number of hydrogen-bond acceptors (Lipinski definition) is 4. The van der Waals surface area contributed by atoms with Gasteiger partial charge < -0.3 is 19.8 Å². The minimum Gasteiger partial charge on any atom is -0.508 e. The third kappa shape index (κ3) is 3.42. The number of phenolic OH excluding ortho intramolecular Hbond substituents is 1. The second-order valence-corrected chi connectivity index (χ2v) is 6.18. The van der Waals surface area contributed by atoms with Gasteiger partial charge in [-0.1, -0.05) is 18.2 Å². The largest absolute Gasteiger partial charge is 0.508 e. The fourth-order valence-electron chi connectivity index (χ4n) is 3.05. The number of benzene rings is 2. The lowest BCUT2D eigenvalue weighted by Crippen LogP contribution is -2.42. The van der Waals surface area contributed by atoms with Gasteiger partial charge in [0.15, 0.2) is 0 Å². The Labute approximate surface area is 136 Å². The molecule has 3 rings (SSSR count). The van der Waals surface area contributed by atoms with Crippen LogP contribution >= 0.6 is 0 Å². The van der Waals surface area contributed by atoms with Crippen LogP contribution in [0.3, 0.4) is 0 Å². The summed E-state index contributed by atoms with van der Waals surface area (Å²) >= 11 is 0. The molecule has 0 fully saturated rings. The molecule has 2 aromatic carbocycles. The van der Waals surface area contributed by atoms with Crippen molar-refractivity contribution in [2.45, 2.75) is 26.4 Å². The molecule has 0 amide bonds. The predicted octanol–water partition coefficient (Wildman–Crippen LogP) is 2.81. The van der Waals surface area contributed by atoms with Crippen molar-refractivity contribution in [1.82, 2.24) is 0 Å². The number of fused-ring (bicyclic) bond motifs is 1. The van der Waals surface area contributed by atoms with Crippen molar-refractivity contribution >= 4 is 5.69 Å². The fourth-order valence-corrected chi connectivity index (χ4v) is 3.05. The van der Waals surface area contributed by atoms with E-state index in [2.05, 4.69) is 36.9 Å². The Balaban J connectivity index is 1.82. The molecule has 1 unspecified atom stereocenters. The Hall–Kier alpha value is -2.20. The van der Waals surface area contributed by atoms with Crippen LogP contribution in [0.15, 0.2) is 36.4 Å². The van der Waals surface area contributed by atoms with E-state index in [-0.39, 0.29) is 18.5 Å². The van der Waals surface area contributed by atoms with E-state index in [0.717, 1.165) is 18.7 Å². The number of phenols is 1. The first-order valence-electron chi connectivity index (χ1n) is 7.98. The molecule has 0 saturated heterocycles. The minimum absolute atomic E-state index is 0.00189. The van der Waals surface area contributed by atoms with Crippen LogP contribution < -0.4 is 9.64 Å². The molecule has 122 valence electrons. The first kappa shape index (κ1) is 15.7. The molecule has 0 aliphatic carbocycles. The summed E-state index contributed by atoms with van der Waals surface area (Å²) in [5, 5.41) is 19.0. The van der Waals surface area contributed by atoms with Gasteiger partial charge >= 0.3 is 0 Å². The predicted molar refractivity (Wildman–Crippen MR) is 91.4 cm³/mol. The molecule has 23 heavy (non-hydrogen) atoms. The van der Waals surface area contributed by atoms with E-state index in [1.165, 1.54) is 16.7 Å². The lowest BCUT2D eigenvalue weighted by Gasteiger charge is -2.36. The molecule has 0 radical (unpaired) electrons. The van der Waals surface area contributed by atoms with E-state index >= 15 is 0 Å². The maximum atomic E-state index is 9.70. The molecule has 0 bridgehead atoms. The maximum absolute atomic E-state index is 9.70. The highest BCUT2D eigenvalue weighted by molar-refractivity contribution is 5.62. The third-order valence-corrected chi connectivity index (χ3v) is 4.41. The molecular formula is C19H23NO3.